The first-order valence-electron chi connectivity index (χ1n) is 7.04. The summed E-state index contributed by atoms with van der Waals surface area (Å²) in [5.74, 6) is -0.533. The number of nitrogens with one attached hydrogen (secondary N) is 1. The van der Waals surface area contributed by atoms with E-state index in [0.29, 0.717) is 0 Å². The number of nitro groups is 2. The summed E-state index contributed by atoms with van der Waals surface area (Å²) < 4.78 is 5.37. The van der Waals surface area contributed by atoms with Crippen molar-refractivity contribution >= 4 is 29.5 Å². The van der Waals surface area contributed by atoms with E-state index >= 15 is 0 Å². The molecule has 1 saturated heterocycles. The summed E-state index contributed by atoms with van der Waals surface area (Å²) in [6, 6.07) is 5.43. The molecule has 0 atom stereocenters. The van der Waals surface area contributed by atoms with Gasteiger partial charge in [0.25, 0.3) is 11.4 Å². The summed E-state index contributed by atoms with van der Waals surface area (Å²) in [5, 5.41) is 29.0. The molecule has 2 aromatic rings. The summed E-state index contributed by atoms with van der Waals surface area (Å²) in [5.41, 5.74) is -1.25. The Balaban J connectivity index is 1.95. The van der Waals surface area contributed by atoms with Gasteiger partial charge in [-0.2, -0.15) is 5.10 Å². The Morgan fingerprint density at radius 1 is 1.12 bits per heavy atom. The van der Waals surface area contributed by atoms with Crippen molar-refractivity contribution < 1.29 is 23.9 Å². The van der Waals surface area contributed by atoms with Crippen LogP contribution in [0, 0.1) is 20.2 Å². The number of imide groups is 1. The van der Waals surface area contributed by atoms with E-state index in [2.05, 4.69) is 5.10 Å². The first-order chi connectivity index (χ1) is 12.4. The lowest BCUT2D eigenvalue weighted by Crippen LogP contribution is -2.24. The summed E-state index contributed by atoms with van der Waals surface area (Å²) in [7, 11) is 0. The molecule has 0 radical (unpaired) electrons. The molecule has 3 rings (SSSR count). The molecule has 12 heteroatoms. The van der Waals surface area contributed by atoms with Crippen LogP contribution in [0.25, 0.3) is 11.3 Å². The van der Waals surface area contributed by atoms with E-state index in [1.807, 2.05) is 5.32 Å². The third kappa shape index (κ3) is 3.10. The Bertz CT molecular complexity index is 932. The van der Waals surface area contributed by atoms with Gasteiger partial charge in [0, 0.05) is 12.1 Å². The zero-order valence-corrected chi connectivity index (χ0v) is 12.8. The van der Waals surface area contributed by atoms with E-state index in [1.54, 1.807) is 0 Å². The van der Waals surface area contributed by atoms with Crippen LogP contribution in [0.4, 0.5) is 16.2 Å². The van der Waals surface area contributed by atoms with Crippen LogP contribution in [0.15, 0.2) is 39.9 Å². The van der Waals surface area contributed by atoms with Crippen LogP contribution in [0.2, 0.25) is 0 Å². The van der Waals surface area contributed by atoms with Gasteiger partial charge >= 0.3 is 6.03 Å². The molecule has 3 amide bonds. The largest absolute Gasteiger partial charge is 0.455 e. The second kappa shape index (κ2) is 6.43. The third-order valence-electron chi connectivity index (χ3n) is 3.39. The fourth-order valence-corrected chi connectivity index (χ4v) is 2.29. The fourth-order valence-electron chi connectivity index (χ4n) is 2.29. The average Bonchev–Trinajstić information content (AvgIpc) is 3.18. The highest BCUT2D eigenvalue weighted by molar-refractivity contribution is 6.02. The minimum atomic E-state index is -0.751. The molecule has 0 aliphatic carbocycles. The maximum atomic E-state index is 11.4. The number of benzene rings is 1. The third-order valence-corrected chi connectivity index (χ3v) is 3.39. The number of hydrogen-bond donors (Lipinski definition) is 1. The molecule has 0 bridgehead atoms. The Kier molecular flexibility index (Phi) is 4.14. The van der Waals surface area contributed by atoms with Crippen molar-refractivity contribution in [1.82, 2.24) is 10.3 Å². The van der Waals surface area contributed by atoms with Crippen LogP contribution in [0.1, 0.15) is 5.76 Å². The number of rotatable bonds is 5. The van der Waals surface area contributed by atoms with Gasteiger partial charge in [-0.3, -0.25) is 30.3 Å². The van der Waals surface area contributed by atoms with Crippen LogP contribution in [-0.4, -0.2) is 39.6 Å². The number of furan rings is 1. The predicted octanol–water partition coefficient (Wildman–Crippen LogP) is 1.65. The maximum Gasteiger partial charge on any atom is 0.344 e. The Hall–Kier alpha value is -4.09. The molecule has 26 heavy (non-hydrogen) atoms. The molecule has 1 aromatic carbocycles. The van der Waals surface area contributed by atoms with Crippen molar-refractivity contribution in [3.05, 3.63) is 56.3 Å². The Morgan fingerprint density at radius 2 is 1.77 bits per heavy atom. The van der Waals surface area contributed by atoms with Gasteiger partial charge in [-0.15, -0.1) is 0 Å². The Morgan fingerprint density at radius 3 is 2.31 bits per heavy atom. The number of carbonyl (C=O) groups is 2. The topological polar surface area (TPSA) is 161 Å². The van der Waals surface area contributed by atoms with Crippen LogP contribution >= 0.6 is 0 Å². The van der Waals surface area contributed by atoms with Gasteiger partial charge in [-0.25, -0.2) is 9.80 Å². The van der Waals surface area contributed by atoms with Crippen molar-refractivity contribution in [3.8, 4) is 11.3 Å². The number of amides is 3. The second-order valence-electron chi connectivity index (χ2n) is 5.04. The lowest BCUT2D eigenvalue weighted by atomic mass is 10.1. The normalized spacial score (nSPS) is 14.1. The lowest BCUT2D eigenvalue weighted by molar-refractivity contribution is -0.392. The van der Waals surface area contributed by atoms with Crippen LogP contribution in [0.3, 0.4) is 0 Å². The molecule has 1 N–H and O–H groups in total. The molecule has 0 spiro atoms. The highest BCUT2D eigenvalue weighted by Crippen LogP contribution is 2.38. The minimum absolute atomic E-state index is 0.0830. The molecular formula is C14H9N5O7. The number of carbonyl (C=O) groups excluding carboxylic acids is 2. The van der Waals surface area contributed by atoms with Crippen LogP contribution in [0.5, 0.6) is 0 Å². The smallest absolute Gasteiger partial charge is 0.344 e. The molecule has 12 nitrogen and oxygen atoms in total. The molecule has 2 heterocycles. The first-order valence-corrected chi connectivity index (χ1v) is 7.04. The maximum absolute atomic E-state index is 11.4. The number of hydrazone groups is 1. The van der Waals surface area contributed by atoms with Gasteiger partial charge in [-0.1, -0.05) is 0 Å². The number of urea groups is 1. The summed E-state index contributed by atoms with van der Waals surface area (Å²) in [4.78, 5) is 43.3. The summed E-state index contributed by atoms with van der Waals surface area (Å²) in [6.45, 7) is -0.251. The fraction of sp³-hybridized carbons (Fsp3) is 0.0714. The van der Waals surface area contributed by atoms with Crippen LogP contribution in [-0.2, 0) is 4.79 Å². The Labute approximate surface area is 144 Å². The van der Waals surface area contributed by atoms with E-state index in [-0.39, 0.29) is 23.6 Å². The molecule has 0 saturated carbocycles. The zero-order valence-electron chi connectivity index (χ0n) is 12.8. The SMILES string of the molecule is O=C1CN(N=Cc2ccc(-c3c([N+](=O)[O-])cccc3[N+](=O)[O-])o2)C(=O)N1. The highest BCUT2D eigenvalue weighted by atomic mass is 16.6. The molecule has 0 unspecified atom stereocenters. The second-order valence-corrected chi connectivity index (χ2v) is 5.04. The predicted molar refractivity (Wildman–Crippen MR) is 85.3 cm³/mol. The molecular weight excluding hydrogens is 350 g/mol. The number of nitrogens with zero attached hydrogens (tertiary/aromatic N) is 4. The number of nitro benzene ring substituents is 2. The molecule has 1 aliphatic rings. The summed E-state index contributed by atoms with van der Waals surface area (Å²) >= 11 is 0. The van der Waals surface area contributed by atoms with Gasteiger partial charge < -0.3 is 4.42 Å². The van der Waals surface area contributed by atoms with Crippen molar-refractivity contribution in [1.29, 1.82) is 0 Å². The highest BCUT2D eigenvalue weighted by Gasteiger charge is 2.29. The van der Waals surface area contributed by atoms with Crippen LogP contribution < -0.4 is 5.32 Å². The monoisotopic (exact) mass is 359 g/mol. The van der Waals surface area contributed by atoms with Crippen molar-refractivity contribution in [2.45, 2.75) is 0 Å². The number of hydrogen-bond acceptors (Lipinski definition) is 8. The molecule has 132 valence electrons. The van der Waals surface area contributed by atoms with E-state index in [0.717, 1.165) is 23.4 Å². The minimum Gasteiger partial charge on any atom is -0.455 e. The molecule has 1 aromatic heterocycles. The van der Waals surface area contributed by atoms with E-state index < -0.39 is 33.2 Å². The van der Waals surface area contributed by atoms with E-state index in [9.17, 15) is 29.8 Å². The molecule has 1 aliphatic heterocycles. The van der Waals surface area contributed by atoms with Gasteiger partial charge in [0.15, 0.2) is 5.56 Å². The van der Waals surface area contributed by atoms with E-state index in [1.165, 1.54) is 18.2 Å². The van der Waals surface area contributed by atoms with Gasteiger partial charge in [0.2, 0.25) is 5.91 Å². The van der Waals surface area contributed by atoms with Crippen molar-refractivity contribution in [2.75, 3.05) is 6.54 Å². The van der Waals surface area contributed by atoms with Crippen molar-refractivity contribution in [3.63, 3.8) is 0 Å². The summed E-state index contributed by atoms with van der Waals surface area (Å²) in [6.07, 6.45) is 1.11. The van der Waals surface area contributed by atoms with Gasteiger partial charge in [0.1, 0.15) is 18.1 Å². The van der Waals surface area contributed by atoms with E-state index in [4.69, 9.17) is 4.42 Å². The molecule has 1 fully saturated rings. The zero-order chi connectivity index (χ0) is 18.8. The van der Waals surface area contributed by atoms with Crippen molar-refractivity contribution in [2.24, 2.45) is 5.10 Å². The lowest BCUT2D eigenvalue weighted by Gasteiger charge is -2.03. The quantitative estimate of drug-likeness (QED) is 0.367. The van der Waals surface area contributed by atoms with Gasteiger partial charge in [-0.05, 0) is 18.2 Å². The van der Waals surface area contributed by atoms with Gasteiger partial charge in [0.05, 0.1) is 16.1 Å². The average molecular weight is 359 g/mol. The first kappa shape index (κ1) is 16.8. The standard InChI is InChI=1S/C14H9N5O7/c20-12-7-17(14(21)16-12)15-6-8-4-5-11(26-8)13-9(18(22)23)2-1-3-10(13)19(24)25/h1-6H,7H2,(H,16,20,21).